The van der Waals surface area contributed by atoms with Crippen LogP contribution in [0.1, 0.15) is 29.3 Å². The molecule has 0 unspecified atom stereocenters. The van der Waals surface area contributed by atoms with Crippen LogP contribution in [0.4, 0.5) is 23.4 Å². The maximum atomic E-state index is 13.1. The van der Waals surface area contributed by atoms with Crippen LogP contribution in [0.15, 0.2) is 41.9 Å². The van der Waals surface area contributed by atoms with Gasteiger partial charge in [0, 0.05) is 25.2 Å². The molecule has 7 nitrogen and oxygen atoms in total. The summed E-state index contributed by atoms with van der Waals surface area (Å²) in [4.78, 5) is 14.3. The zero-order valence-corrected chi connectivity index (χ0v) is 17.3. The lowest BCUT2D eigenvalue weighted by Crippen LogP contribution is -2.49. The molecule has 1 aromatic carbocycles. The molecule has 1 atom stereocenters. The minimum absolute atomic E-state index is 0.0821. The van der Waals surface area contributed by atoms with Gasteiger partial charge in [-0.05, 0) is 19.1 Å². The maximum absolute atomic E-state index is 13.1. The van der Waals surface area contributed by atoms with Gasteiger partial charge >= 0.3 is 6.18 Å². The quantitative estimate of drug-likeness (QED) is 0.405. The van der Waals surface area contributed by atoms with Crippen molar-refractivity contribution >= 4 is 23.3 Å². The van der Waals surface area contributed by atoms with Crippen LogP contribution >= 0.6 is 11.6 Å². The number of aromatic nitrogens is 2. The first-order valence-electron chi connectivity index (χ1n) is 9.35. The lowest BCUT2D eigenvalue weighted by molar-refractivity contribution is -0.137. The first-order valence-corrected chi connectivity index (χ1v) is 9.73. The number of anilines is 1. The summed E-state index contributed by atoms with van der Waals surface area (Å²) in [6, 6.07) is 4.14. The van der Waals surface area contributed by atoms with E-state index in [4.69, 9.17) is 23.2 Å². The third kappa shape index (κ3) is 4.47. The third-order valence-corrected chi connectivity index (χ3v) is 5.52. The molecule has 0 saturated carbocycles. The summed E-state index contributed by atoms with van der Waals surface area (Å²) in [6.07, 6.45) is -2.87. The van der Waals surface area contributed by atoms with E-state index in [0.29, 0.717) is 11.5 Å². The average Bonchev–Trinajstić information content (AvgIpc) is 3.17. The van der Waals surface area contributed by atoms with Crippen LogP contribution in [-0.2, 0) is 12.7 Å². The summed E-state index contributed by atoms with van der Waals surface area (Å²) >= 11 is 5.90. The Hall–Kier alpha value is -2.79. The van der Waals surface area contributed by atoms with Gasteiger partial charge in [0.25, 0.3) is 5.91 Å². The molecule has 12 heteroatoms. The van der Waals surface area contributed by atoms with Gasteiger partial charge < -0.3 is 10.6 Å². The van der Waals surface area contributed by atoms with Crippen LogP contribution in [-0.4, -0.2) is 39.8 Å². The molecule has 0 spiro atoms. The normalized spacial score (nSPS) is 17.3. The molecule has 168 valence electrons. The second-order valence-electron chi connectivity index (χ2n) is 6.99. The van der Waals surface area contributed by atoms with Crippen molar-refractivity contribution in [2.75, 3.05) is 18.2 Å². The molecule has 1 aromatic heterocycles. The number of amides is 1. The molecule has 2 aromatic rings. The van der Waals surface area contributed by atoms with Crippen LogP contribution in [0.25, 0.3) is 0 Å². The first kappa shape index (κ1) is 22.9. The number of halogens is 5. The fourth-order valence-electron chi connectivity index (χ4n) is 3.41. The van der Waals surface area contributed by atoms with Gasteiger partial charge in [-0.3, -0.25) is 14.5 Å². The van der Waals surface area contributed by atoms with Crippen molar-refractivity contribution in [3.05, 3.63) is 58.0 Å². The lowest BCUT2D eigenvalue weighted by Gasteiger charge is -2.37. The molecule has 0 bridgehead atoms. The number of benzene rings is 1. The summed E-state index contributed by atoms with van der Waals surface area (Å²) in [7, 11) is 0. The molecule has 0 saturated heterocycles. The molecule has 0 aliphatic carbocycles. The van der Waals surface area contributed by atoms with E-state index >= 15 is 0 Å². The van der Waals surface area contributed by atoms with E-state index in [1.165, 1.54) is 20.7 Å². The minimum atomic E-state index is -4.68. The summed E-state index contributed by atoms with van der Waals surface area (Å²) in [5.41, 5.74) is 5.67. The molecule has 0 fully saturated rings. The Morgan fingerprint density at radius 1 is 1.35 bits per heavy atom. The van der Waals surface area contributed by atoms with Gasteiger partial charge in [0.15, 0.2) is 5.82 Å². The third-order valence-electron chi connectivity index (χ3n) is 5.11. The van der Waals surface area contributed by atoms with Crippen molar-refractivity contribution in [1.29, 1.82) is 0 Å². The van der Waals surface area contributed by atoms with E-state index in [1.807, 2.05) is 0 Å². The first-order chi connectivity index (χ1) is 14.6. The van der Waals surface area contributed by atoms with Gasteiger partial charge in [0.1, 0.15) is 6.67 Å². The van der Waals surface area contributed by atoms with Gasteiger partial charge in [-0.15, -0.1) is 0 Å². The summed E-state index contributed by atoms with van der Waals surface area (Å²) in [5.74, 6) is 5.81. The number of hydrogen-bond donors (Lipinski definition) is 2. The Balaban J connectivity index is 1.85. The van der Waals surface area contributed by atoms with Crippen LogP contribution in [0, 0.1) is 0 Å². The number of carbonyl (C=O) groups excluding carboxylic acids is 1. The van der Waals surface area contributed by atoms with E-state index in [0.717, 1.165) is 12.1 Å². The van der Waals surface area contributed by atoms with E-state index in [2.05, 4.69) is 5.10 Å². The van der Waals surface area contributed by atoms with E-state index < -0.39 is 35.4 Å². The van der Waals surface area contributed by atoms with Crippen LogP contribution in [0.5, 0.6) is 0 Å². The Labute approximate surface area is 180 Å². The van der Waals surface area contributed by atoms with Gasteiger partial charge in [-0.2, -0.15) is 18.3 Å². The molecule has 31 heavy (non-hydrogen) atoms. The van der Waals surface area contributed by atoms with Crippen molar-refractivity contribution in [2.45, 2.75) is 32.1 Å². The van der Waals surface area contributed by atoms with Crippen molar-refractivity contribution < 1.29 is 22.4 Å². The van der Waals surface area contributed by atoms with E-state index in [-0.39, 0.29) is 30.8 Å². The second kappa shape index (κ2) is 8.75. The Bertz CT molecular complexity index is 1010. The van der Waals surface area contributed by atoms with Crippen molar-refractivity contribution in [1.82, 2.24) is 14.7 Å². The van der Waals surface area contributed by atoms with Crippen LogP contribution in [0.2, 0.25) is 5.02 Å². The molecule has 2 heterocycles. The van der Waals surface area contributed by atoms with Crippen LogP contribution in [0.3, 0.4) is 0 Å². The highest BCUT2D eigenvalue weighted by Crippen LogP contribution is 2.37. The molecule has 1 aliphatic rings. The van der Waals surface area contributed by atoms with Crippen molar-refractivity contribution in [3.8, 4) is 0 Å². The zero-order chi connectivity index (χ0) is 22.9. The molecular weight excluding hydrogens is 440 g/mol. The number of alkyl halides is 4. The summed E-state index contributed by atoms with van der Waals surface area (Å²) in [6.45, 7) is 1.30. The Morgan fingerprint density at radius 2 is 2.06 bits per heavy atom. The monoisotopic (exact) mass is 460 g/mol. The number of nitrogens with two attached hydrogens (primary N) is 2. The lowest BCUT2D eigenvalue weighted by atomic mass is 10.0. The van der Waals surface area contributed by atoms with E-state index in [1.54, 1.807) is 19.2 Å². The molecule has 0 radical (unpaired) electrons. The highest BCUT2D eigenvalue weighted by atomic mass is 35.5. The van der Waals surface area contributed by atoms with Crippen molar-refractivity contribution in [2.24, 2.45) is 11.6 Å². The fraction of sp³-hybridized carbons (Fsp3) is 0.368. The zero-order valence-electron chi connectivity index (χ0n) is 16.5. The minimum Gasteiger partial charge on any atom is -0.399 e. The standard InChI is InChI=1S/C19H21ClF4N6O/c1-11-17(25)14(30(26)15-6-8-28(27-15)10-7-21)5-9-29(11)18(31)12-3-2-4-13(16(12)20)19(22,23)24/h2-4,6,8,11H,5,7,9-10,25-26H2,1H3/t11-/m0/s1. The van der Waals surface area contributed by atoms with Crippen LogP contribution < -0.4 is 16.6 Å². The number of aryl methyl sites for hydroxylation is 1. The predicted molar refractivity (Wildman–Crippen MR) is 108 cm³/mol. The van der Waals surface area contributed by atoms with Gasteiger partial charge in [0.2, 0.25) is 0 Å². The Morgan fingerprint density at radius 3 is 2.71 bits per heavy atom. The van der Waals surface area contributed by atoms with Gasteiger partial charge in [0.05, 0.1) is 40.1 Å². The molecular formula is C19H21ClF4N6O. The molecule has 1 amide bonds. The van der Waals surface area contributed by atoms with Crippen molar-refractivity contribution in [3.63, 3.8) is 0 Å². The van der Waals surface area contributed by atoms with E-state index in [9.17, 15) is 22.4 Å². The predicted octanol–water partition coefficient (Wildman–Crippen LogP) is 3.31. The molecule has 3 rings (SSSR count). The molecule has 4 N–H and O–H groups in total. The second-order valence-corrected chi connectivity index (χ2v) is 7.37. The number of hydrazine groups is 1. The van der Waals surface area contributed by atoms with Gasteiger partial charge in [-0.1, -0.05) is 17.7 Å². The number of nitrogens with zero attached hydrogens (tertiary/aromatic N) is 4. The highest BCUT2D eigenvalue weighted by Gasteiger charge is 2.37. The molecule has 1 aliphatic heterocycles. The summed E-state index contributed by atoms with van der Waals surface area (Å²) < 4.78 is 53.3. The fourth-order valence-corrected chi connectivity index (χ4v) is 3.72. The number of carbonyl (C=O) groups is 1. The highest BCUT2D eigenvalue weighted by molar-refractivity contribution is 6.34. The smallest absolute Gasteiger partial charge is 0.399 e. The maximum Gasteiger partial charge on any atom is 0.417 e. The number of rotatable bonds is 5. The topological polar surface area (TPSA) is 93.4 Å². The van der Waals surface area contributed by atoms with Gasteiger partial charge in [-0.25, -0.2) is 10.2 Å². The SMILES string of the molecule is C[C@H]1C(N)=C(N(N)c2ccn(CCF)n2)CCN1C(=O)c1cccc(C(F)(F)F)c1Cl. The Kier molecular flexibility index (Phi) is 6.46. The number of hydrogen-bond acceptors (Lipinski definition) is 5. The summed E-state index contributed by atoms with van der Waals surface area (Å²) in [5, 5.41) is 4.77. The largest absolute Gasteiger partial charge is 0.417 e. The average molecular weight is 461 g/mol.